The minimum Gasteiger partial charge on any atom is -0.480 e. The number of hydrogen-bond donors (Lipinski definition) is 3. The van der Waals surface area contributed by atoms with E-state index in [1.807, 2.05) is 13.8 Å². The molecule has 1 amide bonds. The van der Waals surface area contributed by atoms with Gasteiger partial charge in [0.05, 0.1) is 7.11 Å². The van der Waals surface area contributed by atoms with Crippen LogP contribution in [0.1, 0.15) is 39.5 Å². The Labute approximate surface area is 119 Å². The van der Waals surface area contributed by atoms with Crippen LogP contribution >= 0.6 is 0 Å². The van der Waals surface area contributed by atoms with E-state index in [9.17, 15) is 14.4 Å². The number of ether oxygens (including phenoxy) is 1. The van der Waals surface area contributed by atoms with Crippen LogP contribution in [-0.4, -0.2) is 48.7 Å². The first-order chi connectivity index (χ1) is 9.36. The molecule has 1 atom stereocenters. The van der Waals surface area contributed by atoms with Gasteiger partial charge in [-0.1, -0.05) is 13.8 Å². The zero-order valence-corrected chi connectivity index (χ0v) is 12.3. The fourth-order valence-electron chi connectivity index (χ4n) is 1.53. The van der Waals surface area contributed by atoms with Gasteiger partial charge >= 0.3 is 11.9 Å². The highest BCUT2D eigenvalue weighted by molar-refractivity contribution is 5.84. The van der Waals surface area contributed by atoms with Gasteiger partial charge in [-0.2, -0.15) is 0 Å². The molecule has 3 N–H and O–H groups in total. The lowest BCUT2D eigenvalue weighted by atomic mass is 10.1. The molecule has 0 radical (unpaired) electrons. The monoisotopic (exact) mass is 288 g/mol. The second-order valence-corrected chi connectivity index (χ2v) is 4.79. The molecule has 7 nitrogen and oxygen atoms in total. The summed E-state index contributed by atoms with van der Waals surface area (Å²) in [5, 5.41) is 14.6. The van der Waals surface area contributed by atoms with E-state index in [-0.39, 0.29) is 25.2 Å². The van der Waals surface area contributed by atoms with Crippen LogP contribution in [-0.2, 0) is 19.1 Å². The molecule has 0 saturated carbocycles. The average molecular weight is 288 g/mol. The van der Waals surface area contributed by atoms with Crippen molar-refractivity contribution in [2.75, 3.05) is 13.7 Å². The molecule has 0 aliphatic rings. The minimum atomic E-state index is -1.15. The van der Waals surface area contributed by atoms with E-state index in [1.54, 1.807) is 0 Å². The second-order valence-electron chi connectivity index (χ2n) is 4.79. The lowest BCUT2D eigenvalue weighted by Crippen LogP contribution is -2.41. The van der Waals surface area contributed by atoms with Crippen LogP contribution in [0, 0.1) is 0 Å². The highest BCUT2D eigenvalue weighted by Crippen LogP contribution is 2.01. The number of carboxylic acid groups (broad SMARTS) is 1. The predicted molar refractivity (Wildman–Crippen MR) is 73.2 cm³/mol. The van der Waals surface area contributed by atoms with E-state index in [1.165, 1.54) is 7.11 Å². The molecule has 0 aromatic heterocycles. The standard InChI is InChI=1S/C13H24N2O5/c1-9(2)14-8-4-5-11(16)15-10(13(18)19)6-7-12(17)20-3/h9-10,14H,4-8H2,1-3H3,(H,15,16)(H,18,19)/t10-/m1/s1. The van der Waals surface area contributed by atoms with Crippen molar-refractivity contribution in [3.63, 3.8) is 0 Å². The van der Waals surface area contributed by atoms with E-state index in [0.717, 1.165) is 0 Å². The Morgan fingerprint density at radius 3 is 2.35 bits per heavy atom. The molecule has 7 heteroatoms. The van der Waals surface area contributed by atoms with Crippen molar-refractivity contribution in [2.45, 2.75) is 51.6 Å². The summed E-state index contributed by atoms with van der Waals surface area (Å²) < 4.78 is 4.43. The molecule has 0 saturated heterocycles. The van der Waals surface area contributed by atoms with Gasteiger partial charge in [-0.25, -0.2) is 4.79 Å². The molecule has 0 aliphatic carbocycles. The quantitative estimate of drug-likeness (QED) is 0.394. The van der Waals surface area contributed by atoms with Gasteiger partial charge in [-0.05, 0) is 19.4 Å². The van der Waals surface area contributed by atoms with Crippen molar-refractivity contribution < 1.29 is 24.2 Å². The molecule has 0 fully saturated rings. The molecule has 0 aromatic rings. The van der Waals surface area contributed by atoms with Crippen LogP contribution in [0.2, 0.25) is 0 Å². The number of carbonyl (C=O) groups is 3. The van der Waals surface area contributed by atoms with Gasteiger partial charge < -0.3 is 20.5 Å². The van der Waals surface area contributed by atoms with E-state index in [2.05, 4.69) is 15.4 Å². The maximum absolute atomic E-state index is 11.6. The molecule has 0 spiro atoms. The average Bonchev–Trinajstić information content (AvgIpc) is 2.38. The lowest BCUT2D eigenvalue weighted by Gasteiger charge is -2.14. The third-order valence-corrected chi connectivity index (χ3v) is 2.63. The highest BCUT2D eigenvalue weighted by atomic mass is 16.5. The van der Waals surface area contributed by atoms with Crippen LogP contribution in [0.5, 0.6) is 0 Å². The van der Waals surface area contributed by atoms with Crippen LogP contribution in [0.15, 0.2) is 0 Å². The van der Waals surface area contributed by atoms with Crippen molar-refractivity contribution in [1.29, 1.82) is 0 Å². The third-order valence-electron chi connectivity index (χ3n) is 2.63. The van der Waals surface area contributed by atoms with E-state index in [0.29, 0.717) is 19.0 Å². The van der Waals surface area contributed by atoms with Crippen molar-refractivity contribution in [2.24, 2.45) is 0 Å². The Hall–Kier alpha value is -1.63. The summed E-state index contributed by atoms with van der Waals surface area (Å²) >= 11 is 0. The van der Waals surface area contributed by atoms with Crippen LogP contribution in [0.25, 0.3) is 0 Å². The normalized spacial score (nSPS) is 12.0. The van der Waals surface area contributed by atoms with Gasteiger partial charge in [0.25, 0.3) is 0 Å². The third kappa shape index (κ3) is 9.32. The molecule has 0 aromatic carbocycles. The number of hydrogen-bond acceptors (Lipinski definition) is 5. The van der Waals surface area contributed by atoms with Gasteiger partial charge in [0.15, 0.2) is 0 Å². The molecule has 0 bridgehead atoms. The smallest absolute Gasteiger partial charge is 0.326 e. The van der Waals surface area contributed by atoms with E-state index in [4.69, 9.17) is 5.11 Å². The number of esters is 1. The first-order valence-electron chi connectivity index (χ1n) is 6.69. The molecular weight excluding hydrogens is 264 g/mol. The number of nitrogens with one attached hydrogen (secondary N) is 2. The fourth-order valence-corrected chi connectivity index (χ4v) is 1.53. The Bertz CT molecular complexity index is 331. The number of carbonyl (C=O) groups excluding carboxylic acids is 2. The summed E-state index contributed by atoms with van der Waals surface area (Å²) in [6.07, 6.45) is 0.871. The maximum Gasteiger partial charge on any atom is 0.326 e. The zero-order valence-electron chi connectivity index (χ0n) is 12.3. The fraction of sp³-hybridized carbons (Fsp3) is 0.769. The molecular formula is C13H24N2O5. The Morgan fingerprint density at radius 2 is 1.85 bits per heavy atom. The first kappa shape index (κ1) is 18.4. The summed E-state index contributed by atoms with van der Waals surface area (Å²) in [6, 6.07) is -0.704. The topological polar surface area (TPSA) is 105 Å². The Morgan fingerprint density at radius 1 is 1.20 bits per heavy atom. The van der Waals surface area contributed by atoms with Crippen molar-refractivity contribution >= 4 is 17.8 Å². The largest absolute Gasteiger partial charge is 0.480 e. The first-order valence-corrected chi connectivity index (χ1v) is 6.69. The van der Waals surface area contributed by atoms with Gasteiger partial charge in [0.1, 0.15) is 6.04 Å². The van der Waals surface area contributed by atoms with Gasteiger partial charge in [0.2, 0.25) is 5.91 Å². The second kappa shape index (κ2) is 10.2. The molecule has 0 aliphatic heterocycles. The summed E-state index contributed by atoms with van der Waals surface area (Å²) in [7, 11) is 1.23. The van der Waals surface area contributed by atoms with Crippen LogP contribution < -0.4 is 10.6 Å². The van der Waals surface area contributed by atoms with Crippen molar-refractivity contribution in [3.05, 3.63) is 0 Å². The zero-order chi connectivity index (χ0) is 15.5. The SMILES string of the molecule is COC(=O)CC[C@@H](NC(=O)CCCNC(C)C)C(=O)O. The molecule has 0 rings (SSSR count). The maximum atomic E-state index is 11.6. The minimum absolute atomic E-state index is 0.0258. The number of amides is 1. The number of methoxy groups -OCH3 is 1. The van der Waals surface area contributed by atoms with Crippen molar-refractivity contribution in [3.8, 4) is 0 Å². The molecule has 0 unspecified atom stereocenters. The Kier molecular flexibility index (Phi) is 9.36. The summed E-state index contributed by atoms with van der Waals surface area (Å²) in [4.78, 5) is 33.5. The highest BCUT2D eigenvalue weighted by Gasteiger charge is 2.20. The van der Waals surface area contributed by atoms with Gasteiger partial charge in [-0.15, -0.1) is 0 Å². The van der Waals surface area contributed by atoms with Crippen molar-refractivity contribution in [1.82, 2.24) is 10.6 Å². The summed E-state index contributed by atoms with van der Waals surface area (Å²) in [6.45, 7) is 4.71. The lowest BCUT2D eigenvalue weighted by molar-refractivity contribution is -0.144. The number of carboxylic acids is 1. The molecule has 0 heterocycles. The van der Waals surface area contributed by atoms with Gasteiger partial charge in [-0.3, -0.25) is 9.59 Å². The van der Waals surface area contributed by atoms with E-state index < -0.39 is 18.0 Å². The van der Waals surface area contributed by atoms with Gasteiger partial charge in [0, 0.05) is 18.9 Å². The molecule has 20 heavy (non-hydrogen) atoms. The predicted octanol–water partition coefficient (Wildman–Crippen LogP) is 0.287. The number of aliphatic carboxylic acids is 1. The molecule has 116 valence electrons. The van der Waals surface area contributed by atoms with Crippen LogP contribution in [0.3, 0.4) is 0 Å². The van der Waals surface area contributed by atoms with E-state index >= 15 is 0 Å². The summed E-state index contributed by atoms with van der Waals surface area (Å²) in [5.74, 6) is -1.97. The number of rotatable bonds is 10. The Balaban J connectivity index is 4.02. The summed E-state index contributed by atoms with van der Waals surface area (Å²) in [5.41, 5.74) is 0. The van der Waals surface area contributed by atoms with Crippen LogP contribution in [0.4, 0.5) is 0 Å².